The number of rotatable bonds is 9. The summed E-state index contributed by atoms with van der Waals surface area (Å²) in [6, 6.07) is 15.4. The van der Waals surface area contributed by atoms with Gasteiger partial charge in [-0.05, 0) is 57.1 Å². The van der Waals surface area contributed by atoms with Crippen LogP contribution in [0.5, 0.6) is 11.5 Å². The molecule has 0 spiro atoms. The Morgan fingerprint density at radius 1 is 1.19 bits per heavy atom. The lowest BCUT2D eigenvalue weighted by Gasteiger charge is -2.29. The van der Waals surface area contributed by atoms with Crippen LogP contribution in [0.4, 0.5) is 0 Å². The van der Waals surface area contributed by atoms with E-state index in [1.54, 1.807) is 24.5 Å². The quantitative estimate of drug-likeness (QED) is 0.515. The van der Waals surface area contributed by atoms with E-state index in [0.29, 0.717) is 24.5 Å². The van der Waals surface area contributed by atoms with Crippen molar-refractivity contribution in [1.82, 2.24) is 15.2 Å². The first kappa shape index (κ1) is 22.3. The minimum atomic E-state index is -0.112. The molecule has 0 bridgehead atoms. The van der Waals surface area contributed by atoms with E-state index in [4.69, 9.17) is 9.47 Å². The van der Waals surface area contributed by atoms with Crippen LogP contribution in [0.25, 0.3) is 0 Å². The molecule has 1 fully saturated rings. The zero-order chi connectivity index (χ0) is 22.3. The molecule has 2 aromatic carbocycles. The van der Waals surface area contributed by atoms with Crippen LogP contribution in [-0.4, -0.2) is 42.5 Å². The maximum absolute atomic E-state index is 13.0. The summed E-state index contributed by atoms with van der Waals surface area (Å²) in [6.45, 7) is 4.93. The number of hydrogen-bond acceptors (Lipinski definition) is 6. The largest absolute Gasteiger partial charge is 0.496 e. The predicted molar refractivity (Wildman–Crippen MR) is 127 cm³/mol. The van der Waals surface area contributed by atoms with Crippen LogP contribution in [0.2, 0.25) is 0 Å². The first-order valence-corrected chi connectivity index (χ1v) is 11.8. The highest BCUT2D eigenvalue weighted by atomic mass is 32.1. The maximum atomic E-state index is 13.0. The van der Waals surface area contributed by atoms with Gasteiger partial charge in [-0.15, -0.1) is 11.3 Å². The van der Waals surface area contributed by atoms with Gasteiger partial charge in [0.05, 0.1) is 23.9 Å². The van der Waals surface area contributed by atoms with Gasteiger partial charge in [-0.3, -0.25) is 9.69 Å². The van der Waals surface area contributed by atoms with Crippen molar-refractivity contribution in [3.05, 3.63) is 75.7 Å². The van der Waals surface area contributed by atoms with E-state index in [1.807, 2.05) is 48.7 Å². The summed E-state index contributed by atoms with van der Waals surface area (Å²) in [7, 11) is 1.69. The Balaban J connectivity index is 1.42. The van der Waals surface area contributed by atoms with Gasteiger partial charge in [-0.1, -0.05) is 24.3 Å². The molecular formula is C25H29N3O3S. The first-order chi connectivity index (χ1) is 15.6. The summed E-state index contributed by atoms with van der Waals surface area (Å²) >= 11 is 1.60. The zero-order valence-electron chi connectivity index (χ0n) is 18.5. The molecular weight excluding hydrogens is 422 g/mol. The van der Waals surface area contributed by atoms with Crippen molar-refractivity contribution in [2.75, 3.05) is 26.7 Å². The number of para-hydroxylation sites is 1. The number of carbonyl (C=O) groups is 1. The number of carbonyl (C=O) groups excluding carboxylic acids is 1. The topological polar surface area (TPSA) is 63.7 Å². The highest BCUT2D eigenvalue weighted by Crippen LogP contribution is 2.31. The van der Waals surface area contributed by atoms with Crippen molar-refractivity contribution in [3.63, 3.8) is 0 Å². The average Bonchev–Trinajstić information content (AvgIpc) is 3.50. The van der Waals surface area contributed by atoms with Gasteiger partial charge in [0.1, 0.15) is 18.1 Å². The number of benzene rings is 2. The molecule has 6 nitrogen and oxygen atoms in total. The lowest BCUT2D eigenvalue weighted by Crippen LogP contribution is -2.37. The minimum Gasteiger partial charge on any atom is -0.496 e. The maximum Gasteiger partial charge on any atom is 0.251 e. The van der Waals surface area contributed by atoms with Gasteiger partial charge in [-0.25, -0.2) is 4.98 Å². The third-order valence-corrected chi connectivity index (χ3v) is 6.51. The Hall–Kier alpha value is -2.90. The Morgan fingerprint density at radius 3 is 2.75 bits per heavy atom. The molecule has 1 N–H and O–H groups in total. The van der Waals surface area contributed by atoms with Crippen LogP contribution in [0, 0.1) is 6.92 Å². The van der Waals surface area contributed by atoms with E-state index in [9.17, 15) is 4.79 Å². The van der Waals surface area contributed by atoms with Gasteiger partial charge in [0.15, 0.2) is 0 Å². The fourth-order valence-electron chi connectivity index (χ4n) is 4.08. The molecule has 1 aliphatic rings. The molecule has 7 heteroatoms. The van der Waals surface area contributed by atoms with Crippen molar-refractivity contribution in [2.45, 2.75) is 32.4 Å². The number of thiazole rings is 1. The van der Waals surface area contributed by atoms with Crippen molar-refractivity contribution in [3.8, 4) is 11.5 Å². The fourth-order valence-corrected chi connectivity index (χ4v) is 4.68. The Labute approximate surface area is 193 Å². The number of nitrogens with one attached hydrogen (secondary N) is 1. The number of nitrogens with zero attached hydrogens (tertiary/aromatic N) is 2. The van der Waals surface area contributed by atoms with Crippen molar-refractivity contribution >= 4 is 17.2 Å². The van der Waals surface area contributed by atoms with Crippen molar-refractivity contribution in [2.24, 2.45) is 0 Å². The van der Waals surface area contributed by atoms with Crippen LogP contribution in [-0.2, 0) is 6.61 Å². The van der Waals surface area contributed by atoms with Gasteiger partial charge in [0.2, 0.25) is 0 Å². The number of hydrogen-bond donors (Lipinski definition) is 1. The van der Waals surface area contributed by atoms with E-state index in [2.05, 4.69) is 21.3 Å². The standard InChI is InChI=1S/C25H29N3O3S/c1-18-27-20(17-32-18)16-31-21-9-7-8-19(14-21)25(29)26-15-23(28-12-5-6-13-28)22-10-3-4-11-24(22)30-2/h3-4,7-11,14,17,23H,5-6,12-13,15-16H2,1-2H3,(H,26,29). The number of ether oxygens (including phenoxy) is 2. The minimum absolute atomic E-state index is 0.0740. The number of methoxy groups -OCH3 is 1. The average molecular weight is 452 g/mol. The monoisotopic (exact) mass is 451 g/mol. The van der Waals surface area contributed by atoms with Crippen molar-refractivity contribution in [1.29, 1.82) is 0 Å². The molecule has 0 saturated carbocycles. The summed E-state index contributed by atoms with van der Waals surface area (Å²) in [5.41, 5.74) is 2.58. The molecule has 0 aliphatic carbocycles. The smallest absolute Gasteiger partial charge is 0.251 e. The first-order valence-electron chi connectivity index (χ1n) is 10.9. The van der Waals surface area contributed by atoms with Crippen molar-refractivity contribution < 1.29 is 14.3 Å². The third-order valence-electron chi connectivity index (χ3n) is 5.68. The summed E-state index contributed by atoms with van der Waals surface area (Å²) in [5, 5.41) is 6.13. The highest BCUT2D eigenvalue weighted by Gasteiger charge is 2.26. The number of aryl methyl sites for hydroxylation is 1. The van der Waals surface area contributed by atoms with E-state index in [0.717, 1.165) is 35.1 Å². The lowest BCUT2D eigenvalue weighted by molar-refractivity contribution is 0.0937. The molecule has 2 heterocycles. The second-order valence-electron chi connectivity index (χ2n) is 7.89. The number of likely N-dealkylation sites (tertiary alicyclic amines) is 1. The summed E-state index contributed by atoms with van der Waals surface area (Å²) in [5.74, 6) is 1.40. The fraction of sp³-hybridized carbons (Fsp3) is 0.360. The van der Waals surface area contributed by atoms with Crippen LogP contribution in [0.3, 0.4) is 0 Å². The molecule has 4 rings (SSSR count). The van der Waals surface area contributed by atoms with E-state index in [-0.39, 0.29) is 11.9 Å². The molecule has 32 heavy (non-hydrogen) atoms. The van der Waals surface area contributed by atoms with Gasteiger partial charge in [-0.2, -0.15) is 0 Å². The molecule has 1 atom stereocenters. The normalized spacial score (nSPS) is 14.8. The van der Waals surface area contributed by atoms with E-state index >= 15 is 0 Å². The van der Waals surface area contributed by atoms with Gasteiger partial charge < -0.3 is 14.8 Å². The van der Waals surface area contributed by atoms with Gasteiger partial charge in [0, 0.05) is 23.1 Å². The second-order valence-corrected chi connectivity index (χ2v) is 8.95. The van der Waals surface area contributed by atoms with Crippen LogP contribution < -0.4 is 14.8 Å². The summed E-state index contributed by atoms with van der Waals surface area (Å²) < 4.78 is 11.4. The summed E-state index contributed by atoms with van der Waals surface area (Å²) in [6.07, 6.45) is 2.36. The molecule has 168 valence electrons. The van der Waals surface area contributed by atoms with E-state index in [1.165, 1.54) is 12.8 Å². The van der Waals surface area contributed by atoms with Crippen LogP contribution >= 0.6 is 11.3 Å². The summed E-state index contributed by atoms with van der Waals surface area (Å²) in [4.78, 5) is 19.8. The second kappa shape index (κ2) is 10.6. The number of amides is 1. The van der Waals surface area contributed by atoms with Gasteiger partial charge in [0.25, 0.3) is 5.91 Å². The highest BCUT2D eigenvalue weighted by molar-refractivity contribution is 7.09. The van der Waals surface area contributed by atoms with Gasteiger partial charge >= 0.3 is 0 Å². The Kier molecular flexibility index (Phi) is 7.39. The van der Waals surface area contributed by atoms with Crippen LogP contribution in [0.15, 0.2) is 53.9 Å². The molecule has 1 saturated heterocycles. The molecule has 1 aromatic heterocycles. The molecule has 3 aromatic rings. The third kappa shape index (κ3) is 5.47. The SMILES string of the molecule is COc1ccccc1C(CNC(=O)c1cccc(OCc2csc(C)n2)c1)N1CCCC1. The Morgan fingerprint density at radius 2 is 2.00 bits per heavy atom. The number of aromatic nitrogens is 1. The zero-order valence-corrected chi connectivity index (χ0v) is 19.4. The molecule has 1 aliphatic heterocycles. The van der Waals surface area contributed by atoms with Crippen LogP contribution in [0.1, 0.15) is 45.5 Å². The molecule has 0 radical (unpaired) electrons. The van der Waals surface area contributed by atoms with E-state index < -0.39 is 0 Å². The predicted octanol–water partition coefficient (Wildman–Crippen LogP) is 4.61. The lowest BCUT2D eigenvalue weighted by atomic mass is 10.0. The molecule has 1 amide bonds. The molecule has 1 unspecified atom stereocenters. The Bertz CT molecular complexity index is 1050.